The third-order valence-corrected chi connectivity index (χ3v) is 3.23. The highest BCUT2D eigenvalue weighted by atomic mass is 35.5. The minimum absolute atomic E-state index is 0.229. The Balaban J connectivity index is 2.09. The fourth-order valence-electron chi connectivity index (χ4n) is 1.63. The number of nitrogens with zero attached hydrogens (tertiary/aromatic N) is 1. The lowest BCUT2D eigenvalue weighted by atomic mass is 9.99. The Morgan fingerprint density at radius 3 is 2.47 bits per heavy atom. The average molecular weight is 274 g/mol. The van der Waals surface area contributed by atoms with Crippen molar-refractivity contribution in [3.63, 3.8) is 0 Å². The van der Waals surface area contributed by atoms with Gasteiger partial charge in [0.05, 0.1) is 16.5 Å². The molecule has 1 aliphatic rings. The number of benzene rings is 1. The largest absolute Gasteiger partial charge is 0.481 e. The molecule has 1 aromatic rings. The third-order valence-electron chi connectivity index (χ3n) is 2.68. The van der Waals surface area contributed by atoms with E-state index in [-0.39, 0.29) is 24.0 Å². The molecule has 0 spiro atoms. The number of rotatable bonds is 2. The lowest BCUT2D eigenvalue weighted by molar-refractivity contribution is -0.146. The second kappa shape index (κ2) is 4.55. The summed E-state index contributed by atoms with van der Waals surface area (Å²) in [6.07, 6.45) is 0. The van der Waals surface area contributed by atoms with Gasteiger partial charge in [0.25, 0.3) is 5.91 Å². The molecule has 1 aromatic carbocycles. The molecule has 1 N–H and O–H groups in total. The van der Waals surface area contributed by atoms with E-state index in [0.29, 0.717) is 10.6 Å². The molecular formula is C11H9Cl2NO3. The normalized spacial score (nSPS) is 15.5. The van der Waals surface area contributed by atoms with Crippen LogP contribution in [0.5, 0.6) is 0 Å². The van der Waals surface area contributed by atoms with Crippen molar-refractivity contribution < 1.29 is 14.7 Å². The van der Waals surface area contributed by atoms with Gasteiger partial charge in [-0.25, -0.2) is 0 Å². The molecule has 1 amide bonds. The minimum Gasteiger partial charge on any atom is -0.481 e. The molecule has 1 fully saturated rings. The van der Waals surface area contributed by atoms with Crippen LogP contribution in [0.25, 0.3) is 0 Å². The topological polar surface area (TPSA) is 57.6 Å². The fourth-order valence-corrected chi connectivity index (χ4v) is 2.12. The molecule has 0 radical (unpaired) electrons. The van der Waals surface area contributed by atoms with E-state index in [1.165, 1.54) is 11.0 Å². The van der Waals surface area contributed by atoms with Crippen LogP contribution in [-0.4, -0.2) is 35.0 Å². The van der Waals surface area contributed by atoms with Crippen LogP contribution in [0.4, 0.5) is 0 Å². The van der Waals surface area contributed by atoms with Crippen LogP contribution >= 0.6 is 23.2 Å². The number of aliphatic carboxylic acids is 1. The summed E-state index contributed by atoms with van der Waals surface area (Å²) >= 11 is 11.6. The molecule has 6 heteroatoms. The number of carboxylic acid groups (broad SMARTS) is 1. The van der Waals surface area contributed by atoms with E-state index in [4.69, 9.17) is 28.3 Å². The SMILES string of the molecule is O=C(O)C1CN(C(=O)c2ccc(Cl)cc2Cl)C1. The van der Waals surface area contributed by atoms with Crippen LogP contribution in [0.15, 0.2) is 18.2 Å². The van der Waals surface area contributed by atoms with Gasteiger partial charge >= 0.3 is 5.97 Å². The molecule has 2 rings (SSSR count). The predicted molar refractivity (Wildman–Crippen MR) is 63.5 cm³/mol. The van der Waals surface area contributed by atoms with Gasteiger partial charge in [-0.15, -0.1) is 0 Å². The smallest absolute Gasteiger partial charge is 0.310 e. The average Bonchev–Trinajstić information content (AvgIpc) is 2.13. The molecule has 1 aliphatic heterocycles. The lowest BCUT2D eigenvalue weighted by Gasteiger charge is -2.36. The maximum Gasteiger partial charge on any atom is 0.310 e. The molecule has 0 saturated carbocycles. The number of amides is 1. The van der Waals surface area contributed by atoms with Crippen LogP contribution in [-0.2, 0) is 4.79 Å². The quantitative estimate of drug-likeness (QED) is 0.898. The molecule has 0 bridgehead atoms. The van der Waals surface area contributed by atoms with Crippen molar-refractivity contribution >= 4 is 35.1 Å². The van der Waals surface area contributed by atoms with Gasteiger partial charge in [-0.05, 0) is 18.2 Å². The third kappa shape index (κ3) is 2.37. The van der Waals surface area contributed by atoms with Crippen LogP contribution < -0.4 is 0 Å². The van der Waals surface area contributed by atoms with Gasteiger partial charge in [0.2, 0.25) is 0 Å². The monoisotopic (exact) mass is 273 g/mol. The number of hydrogen-bond donors (Lipinski definition) is 1. The first kappa shape index (κ1) is 12.2. The number of carbonyl (C=O) groups is 2. The second-order valence-corrected chi connectivity index (χ2v) is 4.71. The van der Waals surface area contributed by atoms with E-state index < -0.39 is 11.9 Å². The summed E-state index contributed by atoms with van der Waals surface area (Å²) in [5.74, 6) is -1.61. The van der Waals surface area contributed by atoms with E-state index in [1.54, 1.807) is 12.1 Å². The van der Waals surface area contributed by atoms with Gasteiger partial charge in [0.15, 0.2) is 0 Å². The summed E-state index contributed by atoms with van der Waals surface area (Å²) in [4.78, 5) is 24.0. The van der Waals surface area contributed by atoms with Gasteiger partial charge in [-0.2, -0.15) is 0 Å². The van der Waals surface area contributed by atoms with Crippen molar-refractivity contribution in [3.05, 3.63) is 33.8 Å². The van der Waals surface area contributed by atoms with Crippen molar-refractivity contribution in [2.24, 2.45) is 5.92 Å². The summed E-state index contributed by atoms with van der Waals surface area (Å²) < 4.78 is 0. The molecule has 0 aromatic heterocycles. The molecule has 90 valence electrons. The van der Waals surface area contributed by atoms with Crippen molar-refractivity contribution in [3.8, 4) is 0 Å². The summed E-state index contributed by atoms with van der Waals surface area (Å²) in [5, 5.41) is 9.45. The number of hydrogen-bond acceptors (Lipinski definition) is 2. The lowest BCUT2D eigenvalue weighted by Crippen LogP contribution is -2.53. The van der Waals surface area contributed by atoms with E-state index >= 15 is 0 Å². The van der Waals surface area contributed by atoms with Crippen molar-refractivity contribution in [2.75, 3.05) is 13.1 Å². The fraction of sp³-hybridized carbons (Fsp3) is 0.273. The van der Waals surface area contributed by atoms with Crippen LogP contribution in [0.2, 0.25) is 10.0 Å². The molecule has 0 atom stereocenters. The Morgan fingerprint density at radius 1 is 1.29 bits per heavy atom. The van der Waals surface area contributed by atoms with E-state index in [9.17, 15) is 9.59 Å². The van der Waals surface area contributed by atoms with Crippen LogP contribution in [0.3, 0.4) is 0 Å². The number of carbonyl (C=O) groups excluding carboxylic acids is 1. The summed E-state index contributed by atoms with van der Waals surface area (Å²) in [7, 11) is 0. The zero-order valence-electron chi connectivity index (χ0n) is 8.69. The highest BCUT2D eigenvalue weighted by Gasteiger charge is 2.36. The minimum atomic E-state index is -0.878. The first-order valence-corrected chi connectivity index (χ1v) is 5.72. The Hall–Kier alpha value is -1.26. The molecule has 0 aliphatic carbocycles. The Kier molecular flexibility index (Phi) is 3.26. The van der Waals surface area contributed by atoms with E-state index in [0.717, 1.165) is 0 Å². The molecule has 1 heterocycles. The summed E-state index contributed by atoms with van der Waals surface area (Å²) in [6.45, 7) is 0.459. The van der Waals surface area contributed by atoms with Gasteiger partial charge in [-0.1, -0.05) is 23.2 Å². The Labute approximate surface area is 108 Å². The highest BCUT2D eigenvalue weighted by Crippen LogP contribution is 2.25. The summed E-state index contributed by atoms with van der Waals surface area (Å²) in [5.41, 5.74) is 0.347. The summed E-state index contributed by atoms with van der Waals surface area (Å²) in [6, 6.07) is 4.61. The highest BCUT2D eigenvalue weighted by molar-refractivity contribution is 6.36. The van der Waals surface area contributed by atoms with Crippen molar-refractivity contribution in [1.82, 2.24) is 4.90 Å². The standard InChI is InChI=1S/C11H9Cl2NO3/c12-7-1-2-8(9(13)3-7)10(15)14-4-6(5-14)11(16)17/h1-3,6H,4-5H2,(H,16,17). The number of likely N-dealkylation sites (tertiary alicyclic amines) is 1. The van der Waals surface area contributed by atoms with Crippen LogP contribution in [0, 0.1) is 5.92 Å². The van der Waals surface area contributed by atoms with E-state index in [2.05, 4.69) is 0 Å². The number of halogens is 2. The zero-order chi connectivity index (χ0) is 12.6. The van der Waals surface area contributed by atoms with Gasteiger partial charge in [-0.3, -0.25) is 9.59 Å². The second-order valence-electron chi connectivity index (χ2n) is 3.87. The first-order valence-electron chi connectivity index (χ1n) is 4.96. The van der Waals surface area contributed by atoms with Gasteiger partial charge in [0.1, 0.15) is 0 Å². The molecule has 1 saturated heterocycles. The molecule has 17 heavy (non-hydrogen) atoms. The maximum absolute atomic E-state index is 11.9. The zero-order valence-corrected chi connectivity index (χ0v) is 10.2. The predicted octanol–water partition coefficient (Wildman–Crippen LogP) is 2.15. The van der Waals surface area contributed by atoms with Gasteiger partial charge < -0.3 is 10.0 Å². The molecule has 0 unspecified atom stereocenters. The number of carboxylic acids is 1. The van der Waals surface area contributed by atoms with E-state index in [1.807, 2.05) is 0 Å². The Bertz CT molecular complexity index is 484. The first-order chi connectivity index (χ1) is 7.99. The van der Waals surface area contributed by atoms with Crippen molar-refractivity contribution in [2.45, 2.75) is 0 Å². The van der Waals surface area contributed by atoms with Crippen molar-refractivity contribution in [1.29, 1.82) is 0 Å². The van der Waals surface area contributed by atoms with Gasteiger partial charge in [0, 0.05) is 18.1 Å². The maximum atomic E-state index is 11.9. The Morgan fingerprint density at radius 2 is 1.94 bits per heavy atom. The molecule has 4 nitrogen and oxygen atoms in total. The van der Waals surface area contributed by atoms with Crippen LogP contribution in [0.1, 0.15) is 10.4 Å². The molecular weight excluding hydrogens is 265 g/mol.